The van der Waals surface area contributed by atoms with Gasteiger partial charge in [0.15, 0.2) is 5.76 Å². The van der Waals surface area contributed by atoms with Crippen molar-refractivity contribution in [3.8, 4) is 5.75 Å². The van der Waals surface area contributed by atoms with Crippen molar-refractivity contribution in [2.75, 3.05) is 13.2 Å². The van der Waals surface area contributed by atoms with Crippen LogP contribution in [0.25, 0.3) is 11.0 Å². The zero-order chi connectivity index (χ0) is 18.8. The number of hydrogen-bond donors (Lipinski definition) is 0. The Labute approximate surface area is 161 Å². The third-order valence-corrected chi connectivity index (χ3v) is 4.68. The van der Waals surface area contributed by atoms with Crippen molar-refractivity contribution in [2.45, 2.75) is 18.4 Å². The van der Waals surface area contributed by atoms with Crippen LogP contribution in [0.5, 0.6) is 5.75 Å². The van der Waals surface area contributed by atoms with Crippen molar-refractivity contribution in [1.29, 1.82) is 0 Å². The average Bonchev–Trinajstić information content (AvgIpc) is 3.47. The van der Waals surface area contributed by atoms with Gasteiger partial charge in [-0.25, -0.2) is 9.67 Å². The predicted octanol–water partition coefficient (Wildman–Crippen LogP) is 3.37. The Balaban J connectivity index is 1.40. The van der Waals surface area contributed by atoms with E-state index in [1.54, 1.807) is 11.0 Å². The van der Waals surface area contributed by atoms with Crippen LogP contribution < -0.4 is 4.74 Å². The fourth-order valence-corrected chi connectivity index (χ4v) is 3.34. The number of hydrogen-bond acceptors (Lipinski definition) is 6. The van der Waals surface area contributed by atoms with Crippen molar-refractivity contribution >= 4 is 11.0 Å². The topological polar surface area (TPSA) is 71.5 Å². The van der Waals surface area contributed by atoms with E-state index in [9.17, 15) is 0 Å². The third-order valence-electron chi connectivity index (χ3n) is 4.68. The fraction of sp³-hybridized carbons (Fsp3) is 0.238. The molecule has 0 spiro atoms. The molecule has 2 aromatic heterocycles. The molecule has 2 unspecified atom stereocenters. The summed E-state index contributed by atoms with van der Waals surface area (Å²) in [5.74, 6) is 0.312. The zero-order valence-electron chi connectivity index (χ0n) is 15.1. The molecule has 1 aliphatic heterocycles. The summed E-state index contributed by atoms with van der Waals surface area (Å²) in [5.41, 5.74) is 0.784. The second kappa shape index (κ2) is 7.10. The lowest BCUT2D eigenvalue weighted by Crippen LogP contribution is -2.34. The van der Waals surface area contributed by atoms with Crippen molar-refractivity contribution in [1.82, 2.24) is 14.8 Å². The van der Waals surface area contributed by atoms with Crippen LogP contribution in [-0.2, 0) is 21.8 Å². The second-order valence-electron chi connectivity index (χ2n) is 6.67. The molecule has 5 rings (SSSR count). The highest BCUT2D eigenvalue weighted by Gasteiger charge is 2.47. The summed E-state index contributed by atoms with van der Waals surface area (Å²) >= 11 is 0. The molecule has 0 radical (unpaired) electrons. The molecule has 0 amide bonds. The highest BCUT2D eigenvalue weighted by molar-refractivity contribution is 5.77. The highest BCUT2D eigenvalue weighted by Crippen LogP contribution is 2.38. The second-order valence-corrected chi connectivity index (χ2v) is 6.67. The molecular formula is C21H19N3O4. The van der Waals surface area contributed by atoms with E-state index in [-0.39, 0.29) is 6.10 Å². The summed E-state index contributed by atoms with van der Waals surface area (Å²) in [6, 6.07) is 19.4. The Hall–Kier alpha value is -3.16. The van der Waals surface area contributed by atoms with E-state index in [1.165, 1.54) is 6.33 Å². The Morgan fingerprint density at radius 1 is 1.11 bits per heavy atom. The number of ether oxygens (including phenoxy) is 3. The van der Waals surface area contributed by atoms with Crippen LogP contribution in [-0.4, -0.2) is 34.1 Å². The number of fused-ring (bicyclic) bond motifs is 1. The first kappa shape index (κ1) is 17.0. The van der Waals surface area contributed by atoms with Crippen LogP contribution in [0.3, 0.4) is 0 Å². The average molecular weight is 377 g/mol. The van der Waals surface area contributed by atoms with Gasteiger partial charge in [0, 0.05) is 5.39 Å². The molecule has 0 aliphatic carbocycles. The van der Waals surface area contributed by atoms with Crippen molar-refractivity contribution in [3.63, 3.8) is 0 Å². The van der Waals surface area contributed by atoms with Gasteiger partial charge in [-0.3, -0.25) is 0 Å². The number of aromatic nitrogens is 3. The summed E-state index contributed by atoms with van der Waals surface area (Å²) in [7, 11) is 0. The molecular weight excluding hydrogens is 358 g/mol. The van der Waals surface area contributed by atoms with Crippen molar-refractivity contribution < 1.29 is 18.6 Å². The number of rotatable bonds is 6. The van der Waals surface area contributed by atoms with Gasteiger partial charge in [0.05, 0.1) is 6.61 Å². The molecule has 7 nitrogen and oxygen atoms in total. The lowest BCUT2D eigenvalue weighted by Gasteiger charge is -2.25. The number of nitrogens with zero attached hydrogens (tertiary/aromatic N) is 3. The molecule has 1 aliphatic rings. The lowest BCUT2D eigenvalue weighted by molar-refractivity contribution is -0.201. The Morgan fingerprint density at radius 2 is 1.96 bits per heavy atom. The summed E-state index contributed by atoms with van der Waals surface area (Å²) in [6.07, 6.45) is 2.87. The molecule has 0 saturated carbocycles. The van der Waals surface area contributed by atoms with Crippen molar-refractivity contribution in [3.05, 3.63) is 79.1 Å². The monoisotopic (exact) mass is 377 g/mol. The van der Waals surface area contributed by atoms with Crippen LogP contribution in [0.15, 0.2) is 77.7 Å². The molecule has 4 aromatic rings. The van der Waals surface area contributed by atoms with Gasteiger partial charge in [-0.2, -0.15) is 5.10 Å². The maximum Gasteiger partial charge on any atom is 0.249 e. The van der Waals surface area contributed by atoms with E-state index in [4.69, 9.17) is 18.6 Å². The number of para-hydroxylation sites is 2. The summed E-state index contributed by atoms with van der Waals surface area (Å²) in [6.45, 7) is 1.09. The Kier molecular flexibility index (Phi) is 4.31. The largest absolute Gasteiger partial charge is 0.491 e. The van der Waals surface area contributed by atoms with E-state index >= 15 is 0 Å². The number of benzene rings is 2. The molecule has 3 heterocycles. The van der Waals surface area contributed by atoms with Gasteiger partial charge in [0.1, 0.15) is 43.2 Å². The normalized spacial score (nSPS) is 21.9. The SMILES string of the molecule is c1ccc(OCC2COC(Cn3cncn3)(c3cc4ccccc4o3)O2)cc1. The molecule has 7 heteroatoms. The van der Waals surface area contributed by atoms with Gasteiger partial charge in [-0.1, -0.05) is 36.4 Å². The van der Waals surface area contributed by atoms with Gasteiger partial charge in [0.2, 0.25) is 5.79 Å². The van der Waals surface area contributed by atoms with Gasteiger partial charge < -0.3 is 18.6 Å². The van der Waals surface area contributed by atoms with Crippen LogP contribution in [0.2, 0.25) is 0 Å². The molecule has 1 fully saturated rings. The smallest absolute Gasteiger partial charge is 0.249 e. The molecule has 2 aromatic carbocycles. The fourth-order valence-electron chi connectivity index (χ4n) is 3.34. The standard InChI is InChI=1S/C21H19N3O4/c1-2-7-17(8-3-1)25-11-18-12-26-21(28-18,13-24-15-22-14-23-24)20-10-16-6-4-5-9-19(16)27-20/h1-10,14-15,18H,11-13H2. The van der Waals surface area contributed by atoms with Crippen LogP contribution in [0, 0.1) is 0 Å². The summed E-state index contributed by atoms with van der Waals surface area (Å²) in [5, 5.41) is 5.19. The first-order chi connectivity index (χ1) is 13.8. The van der Waals surface area contributed by atoms with Gasteiger partial charge in [0.25, 0.3) is 0 Å². The minimum absolute atomic E-state index is 0.239. The van der Waals surface area contributed by atoms with Crippen LogP contribution in [0.4, 0.5) is 0 Å². The van der Waals surface area contributed by atoms with Crippen LogP contribution >= 0.6 is 0 Å². The first-order valence-electron chi connectivity index (χ1n) is 9.12. The maximum atomic E-state index is 6.33. The Bertz CT molecular complexity index is 1010. The first-order valence-corrected chi connectivity index (χ1v) is 9.12. The zero-order valence-corrected chi connectivity index (χ0v) is 15.1. The third kappa shape index (κ3) is 3.26. The van der Waals surface area contributed by atoms with E-state index < -0.39 is 5.79 Å². The molecule has 2 atom stereocenters. The summed E-state index contributed by atoms with van der Waals surface area (Å²) in [4.78, 5) is 4.01. The van der Waals surface area contributed by atoms with Gasteiger partial charge >= 0.3 is 0 Å². The molecule has 28 heavy (non-hydrogen) atoms. The minimum Gasteiger partial charge on any atom is -0.491 e. The van der Waals surface area contributed by atoms with Crippen LogP contribution in [0.1, 0.15) is 5.76 Å². The highest BCUT2D eigenvalue weighted by atomic mass is 16.8. The molecule has 0 bridgehead atoms. The minimum atomic E-state index is -1.09. The van der Waals surface area contributed by atoms with E-state index in [0.29, 0.717) is 25.5 Å². The molecule has 142 valence electrons. The lowest BCUT2D eigenvalue weighted by atomic mass is 10.2. The Morgan fingerprint density at radius 3 is 2.79 bits per heavy atom. The van der Waals surface area contributed by atoms with Gasteiger partial charge in [-0.05, 0) is 24.3 Å². The maximum absolute atomic E-state index is 6.33. The van der Waals surface area contributed by atoms with E-state index in [2.05, 4.69) is 10.1 Å². The predicted molar refractivity (Wildman–Crippen MR) is 101 cm³/mol. The van der Waals surface area contributed by atoms with E-state index in [1.807, 2.05) is 60.7 Å². The molecule has 1 saturated heterocycles. The summed E-state index contributed by atoms with van der Waals surface area (Å²) < 4.78 is 26.1. The molecule has 0 N–H and O–H groups in total. The quantitative estimate of drug-likeness (QED) is 0.513. The van der Waals surface area contributed by atoms with Crippen molar-refractivity contribution in [2.24, 2.45) is 0 Å². The van der Waals surface area contributed by atoms with E-state index in [0.717, 1.165) is 16.7 Å². The number of furan rings is 1. The van der Waals surface area contributed by atoms with Gasteiger partial charge in [-0.15, -0.1) is 0 Å².